The SMILES string of the molecule is NC(=Nc1ccc(F)c(Cl)c1)c1nonc1COc1ccccc1. The smallest absolute Gasteiger partial charge is 0.176 e. The molecule has 2 N–H and O–H groups in total. The standard InChI is InChI=1S/C16H12ClFN4O2/c17-12-8-10(6-7-13(12)18)20-16(19)15-14(21-24-22-15)9-23-11-4-2-1-3-5-11/h1-8H,9H2,(H2,19,20). The Kier molecular flexibility index (Phi) is 4.72. The molecule has 3 rings (SSSR count). The molecular weight excluding hydrogens is 335 g/mol. The highest BCUT2D eigenvalue weighted by atomic mass is 35.5. The lowest BCUT2D eigenvalue weighted by molar-refractivity contribution is 0.270. The maximum Gasteiger partial charge on any atom is 0.176 e. The highest BCUT2D eigenvalue weighted by Gasteiger charge is 2.15. The maximum atomic E-state index is 13.2. The summed E-state index contributed by atoms with van der Waals surface area (Å²) in [6, 6.07) is 13.2. The molecule has 2 aromatic carbocycles. The van der Waals surface area contributed by atoms with Crippen LogP contribution in [0.2, 0.25) is 5.02 Å². The van der Waals surface area contributed by atoms with Crippen molar-refractivity contribution in [3.05, 3.63) is 70.8 Å². The maximum absolute atomic E-state index is 13.2. The summed E-state index contributed by atoms with van der Waals surface area (Å²) in [7, 11) is 0. The van der Waals surface area contributed by atoms with Gasteiger partial charge in [-0.1, -0.05) is 35.0 Å². The quantitative estimate of drug-likeness (QED) is 0.564. The van der Waals surface area contributed by atoms with Crippen LogP contribution in [0.3, 0.4) is 0 Å². The summed E-state index contributed by atoms with van der Waals surface area (Å²) < 4.78 is 23.5. The fourth-order valence-corrected chi connectivity index (χ4v) is 2.09. The molecule has 1 heterocycles. The number of ether oxygens (including phenoxy) is 1. The van der Waals surface area contributed by atoms with Gasteiger partial charge < -0.3 is 10.5 Å². The Hall–Kier alpha value is -2.93. The number of aliphatic imine (C=N–C) groups is 1. The lowest BCUT2D eigenvalue weighted by atomic mass is 10.3. The first-order valence-corrected chi connectivity index (χ1v) is 7.30. The number of halogens is 2. The van der Waals surface area contributed by atoms with E-state index in [1.54, 1.807) is 0 Å². The molecule has 0 saturated heterocycles. The number of nitrogens with two attached hydrogens (primary N) is 1. The first-order valence-electron chi connectivity index (χ1n) is 6.92. The zero-order valence-electron chi connectivity index (χ0n) is 12.3. The second-order valence-corrected chi connectivity index (χ2v) is 5.16. The van der Waals surface area contributed by atoms with Crippen LogP contribution in [-0.4, -0.2) is 16.1 Å². The van der Waals surface area contributed by atoms with Crippen LogP contribution in [0.15, 0.2) is 58.2 Å². The second kappa shape index (κ2) is 7.10. The Morgan fingerprint density at radius 1 is 1.21 bits per heavy atom. The molecule has 8 heteroatoms. The number of amidine groups is 1. The molecule has 0 aliphatic heterocycles. The Morgan fingerprint density at radius 3 is 2.75 bits per heavy atom. The third-order valence-corrected chi connectivity index (χ3v) is 3.36. The normalized spacial score (nSPS) is 11.5. The topological polar surface area (TPSA) is 86.5 Å². The third-order valence-electron chi connectivity index (χ3n) is 3.07. The number of aromatic nitrogens is 2. The Balaban J connectivity index is 1.78. The molecule has 0 spiro atoms. The fraction of sp³-hybridized carbons (Fsp3) is 0.0625. The Labute approximate surface area is 141 Å². The van der Waals surface area contributed by atoms with Crippen molar-refractivity contribution in [1.82, 2.24) is 10.3 Å². The molecule has 0 fully saturated rings. The molecule has 0 unspecified atom stereocenters. The van der Waals surface area contributed by atoms with Gasteiger partial charge in [0.2, 0.25) is 0 Å². The van der Waals surface area contributed by atoms with E-state index in [0.29, 0.717) is 17.1 Å². The molecule has 0 radical (unpaired) electrons. The average Bonchev–Trinajstić information content (AvgIpc) is 3.06. The van der Waals surface area contributed by atoms with E-state index < -0.39 is 5.82 Å². The Bertz CT molecular complexity index is 868. The summed E-state index contributed by atoms with van der Waals surface area (Å²) in [6.45, 7) is 0.114. The van der Waals surface area contributed by atoms with Gasteiger partial charge in [-0.3, -0.25) is 0 Å². The summed E-state index contributed by atoms with van der Waals surface area (Å²) in [5.74, 6) is 0.201. The molecule has 0 bridgehead atoms. The number of benzene rings is 2. The molecule has 0 amide bonds. The van der Waals surface area contributed by atoms with Crippen molar-refractivity contribution in [2.24, 2.45) is 10.7 Å². The zero-order chi connectivity index (χ0) is 16.9. The van der Waals surface area contributed by atoms with E-state index in [0.717, 1.165) is 0 Å². The molecule has 24 heavy (non-hydrogen) atoms. The Morgan fingerprint density at radius 2 is 2.00 bits per heavy atom. The van der Waals surface area contributed by atoms with Crippen LogP contribution in [0.4, 0.5) is 10.1 Å². The zero-order valence-corrected chi connectivity index (χ0v) is 13.1. The van der Waals surface area contributed by atoms with E-state index in [1.807, 2.05) is 30.3 Å². The van der Waals surface area contributed by atoms with Crippen LogP contribution in [0, 0.1) is 5.82 Å². The van der Waals surface area contributed by atoms with Gasteiger partial charge >= 0.3 is 0 Å². The summed E-state index contributed by atoms with van der Waals surface area (Å²) in [5, 5.41) is 7.46. The number of hydrogen-bond donors (Lipinski definition) is 1. The molecule has 122 valence electrons. The van der Waals surface area contributed by atoms with Gasteiger partial charge in [-0.15, -0.1) is 0 Å². The summed E-state index contributed by atoms with van der Waals surface area (Å²) in [4.78, 5) is 4.14. The van der Waals surface area contributed by atoms with Crippen LogP contribution in [0.1, 0.15) is 11.4 Å². The highest BCUT2D eigenvalue weighted by Crippen LogP contribution is 2.22. The van der Waals surface area contributed by atoms with Gasteiger partial charge in [0, 0.05) is 0 Å². The molecule has 1 aromatic heterocycles. The van der Waals surface area contributed by atoms with E-state index in [4.69, 9.17) is 26.7 Å². The van der Waals surface area contributed by atoms with Crippen LogP contribution in [0.5, 0.6) is 5.75 Å². The summed E-state index contributed by atoms with van der Waals surface area (Å²) in [6.07, 6.45) is 0. The van der Waals surface area contributed by atoms with Crippen LogP contribution in [-0.2, 0) is 6.61 Å². The van der Waals surface area contributed by atoms with Crippen molar-refractivity contribution in [2.45, 2.75) is 6.61 Å². The van der Waals surface area contributed by atoms with Crippen LogP contribution < -0.4 is 10.5 Å². The summed E-state index contributed by atoms with van der Waals surface area (Å²) in [5.41, 5.74) is 6.96. The highest BCUT2D eigenvalue weighted by molar-refractivity contribution is 6.31. The van der Waals surface area contributed by atoms with Crippen molar-refractivity contribution in [2.75, 3.05) is 0 Å². The average molecular weight is 347 g/mol. The molecular formula is C16H12ClFN4O2. The monoisotopic (exact) mass is 346 g/mol. The van der Waals surface area contributed by atoms with E-state index >= 15 is 0 Å². The minimum Gasteiger partial charge on any atom is -0.487 e. The first kappa shape index (κ1) is 15.9. The second-order valence-electron chi connectivity index (χ2n) is 4.76. The summed E-state index contributed by atoms with van der Waals surface area (Å²) >= 11 is 5.72. The van der Waals surface area contributed by atoms with Gasteiger partial charge in [-0.2, -0.15) is 0 Å². The van der Waals surface area contributed by atoms with Gasteiger partial charge in [-0.05, 0) is 35.5 Å². The molecule has 0 atom stereocenters. The lowest BCUT2D eigenvalue weighted by Crippen LogP contribution is -2.16. The van der Waals surface area contributed by atoms with Crippen LogP contribution >= 0.6 is 11.6 Å². The van der Waals surface area contributed by atoms with E-state index in [9.17, 15) is 4.39 Å². The van der Waals surface area contributed by atoms with E-state index in [1.165, 1.54) is 18.2 Å². The van der Waals surface area contributed by atoms with Gasteiger partial charge in [0.25, 0.3) is 0 Å². The first-order chi connectivity index (χ1) is 11.6. The van der Waals surface area contributed by atoms with E-state index in [2.05, 4.69) is 15.3 Å². The van der Waals surface area contributed by atoms with Crippen molar-refractivity contribution in [3.63, 3.8) is 0 Å². The van der Waals surface area contributed by atoms with Crippen molar-refractivity contribution < 1.29 is 13.8 Å². The van der Waals surface area contributed by atoms with Crippen LogP contribution in [0.25, 0.3) is 0 Å². The molecule has 0 saturated carbocycles. The number of nitrogens with zero attached hydrogens (tertiary/aromatic N) is 3. The number of rotatable bonds is 5. The molecule has 0 aliphatic carbocycles. The number of para-hydroxylation sites is 1. The third kappa shape index (κ3) is 3.69. The minimum atomic E-state index is -0.533. The van der Waals surface area contributed by atoms with Gasteiger partial charge in [0.05, 0.1) is 10.7 Å². The molecule has 3 aromatic rings. The van der Waals surface area contributed by atoms with Crippen molar-refractivity contribution in [3.8, 4) is 5.75 Å². The largest absolute Gasteiger partial charge is 0.487 e. The van der Waals surface area contributed by atoms with Crippen molar-refractivity contribution >= 4 is 23.1 Å². The molecule has 0 aliphatic rings. The fourth-order valence-electron chi connectivity index (χ4n) is 1.91. The van der Waals surface area contributed by atoms with Crippen molar-refractivity contribution in [1.29, 1.82) is 0 Å². The van der Waals surface area contributed by atoms with Gasteiger partial charge in [0.1, 0.15) is 18.2 Å². The van der Waals surface area contributed by atoms with Gasteiger partial charge in [-0.25, -0.2) is 14.0 Å². The molecule has 6 nitrogen and oxygen atoms in total. The van der Waals surface area contributed by atoms with Gasteiger partial charge in [0.15, 0.2) is 17.2 Å². The van der Waals surface area contributed by atoms with E-state index in [-0.39, 0.29) is 23.2 Å². The number of hydrogen-bond acceptors (Lipinski definition) is 5. The minimum absolute atomic E-state index is 0.0463. The predicted octanol–water partition coefficient (Wildman–Crippen LogP) is 3.48. The predicted molar refractivity (Wildman–Crippen MR) is 86.9 cm³/mol. The lowest BCUT2D eigenvalue weighted by Gasteiger charge is -2.04.